The van der Waals surface area contributed by atoms with E-state index in [1.165, 1.54) is 0 Å². The number of carbonyl (C=O) groups is 1. The Morgan fingerprint density at radius 1 is 1.50 bits per heavy atom. The molecule has 1 heterocycles. The van der Waals surface area contributed by atoms with Crippen LogP contribution in [-0.4, -0.2) is 25.6 Å². The molecule has 1 aromatic rings. The molecule has 0 bridgehead atoms. The Morgan fingerprint density at radius 3 is 2.90 bits per heavy atom. The van der Waals surface area contributed by atoms with Gasteiger partial charge in [-0.2, -0.15) is 0 Å². The number of amides is 1. The molecule has 4 nitrogen and oxygen atoms in total. The summed E-state index contributed by atoms with van der Waals surface area (Å²) in [4.78, 5) is 12.0. The molecule has 0 aromatic heterocycles. The van der Waals surface area contributed by atoms with E-state index in [0.717, 1.165) is 36.5 Å². The average molecular weight is 299 g/mol. The van der Waals surface area contributed by atoms with Gasteiger partial charge in [-0.1, -0.05) is 0 Å². The molecular formula is C15H23ClN2O2. The minimum Gasteiger partial charge on any atom is -0.494 e. The third kappa shape index (κ3) is 4.69. The molecule has 1 aromatic carbocycles. The fraction of sp³-hybridized carbons (Fsp3) is 0.533. The number of rotatable bonds is 5. The molecule has 1 aliphatic heterocycles. The second-order valence-corrected chi connectivity index (χ2v) is 5.02. The third-order valence-corrected chi connectivity index (χ3v) is 3.42. The number of nitrogens with one attached hydrogen (secondary N) is 2. The highest BCUT2D eigenvalue weighted by Gasteiger charge is 2.18. The van der Waals surface area contributed by atoms with Crippen molar-refractivity contribution in [2.24, 2.45) is 5.92 Å². The Morgan fingerprint density at radius 2 is 2.30 bits per heavy atom. The zero-order chi connectivity index (χ0) is 13.7. The Labute approximate surface area is 126 Å². The number of carbonyl (C=O) groups excluding carboxylic acids is 1. The van der Waals surface area contributed by atoms with Crippen LogP contribution in [0.1, 0.15) is 25.3 Å². The van der Waals surface area contributed by atoms with E-state index in [0.29, 0.717) is 18.9 Å². The van der Waals surface area contributed by atoms with Gasteiger partial charge < -0.3 is 15.4 Å². The van der Waals surface area contributed by atoms with Crippen LogP contribution < -0.4 is 15.4 Å². The van der Waals surface area contributed by atoms with Gasteiger partial charge in [0.05, 0.1) is 6.61 Å². The van der Waals surface area contributed by atoms with Crippen LogP contribution in [-0.2, 0) is 4.79 Å². The first-order valence-corrected chi connectivity index (χ1v) is 6.93. The van der Waals surface area contributed by atoms with Crippen molar-refractivity contribution in [3.8, 4) is 5.75 Å². The van der Waals surface area contributed by atoms with Crippen molar-refractivity contribution in [3.63, 3.8) is 0 Å². The SMILES string of the molecule is CCOc1ccc(NC(=O)CC2CCNC2)c(C)c1.Cl. The largest absolute Gasteiger partial charge is 0.494 e. The predicted octanol–water partition coefficient (Wildman–Crippen LogP) is 2.75. The summed E-state index contributed by atoms with van der Waals surface area (Å²) < 4.78 is 5.43. The first kappa shape index (κ1) is 16.8. The molecule has 0 aliphatic carbocycles. The van der Waals surface area contributed by atoms with Crippen LogP contribution in [0.5, 0.6) is 5.75 Å². The molecule has 0 saturated carbocycles. The molecule has 2 rings (SSSR count). The van der Waals surface area contributed by atoms with E-state index in [4.69, 9.17) is 4.74 Å². The molecule has 1 atom stereocenters. The van der Waals surface area contributed by atoms with Crippen molar-refractivity contribution in [1.82, 2.24) is 5.32 Å². The number of hydrogen-bond donors (Lipinski definition) is 2. The van der Waals surface area contributed by atoms with E-state index in [1.807, 2.05) is 32.0 Å². The number of anilines is 1. The van der Waals surface area contributed by atoms with Gasteiger partial charge in [0.15, 0.2) is 0 Å². The molecule has 20 heavy (non-hydrogen) atoms. The van der Waals surface area contributed by atoms with Gasteiger partial charge in [-0.15, -0.1) is 12.4 Å². The van der Waals surface area contributed by atoms with Crippen LogP contribution in [0.3, 0.4) is 0 Å². The number of aryl methyl sites for hydroxylation is 1. The molecule has 112 valence electrons. The summed E-state index contributed by atoms with van der Waals surface area (Å²) in [7, 11) is 0. The highest BCUT2D eigenvalue weighted by atomic mass is 35.5. The van der Waals surface area contributed by atoms with E-state index in [9.17, 15) is 4.79 Å². The molecule has 0 spiro atoms. The van der Waals surface area contributed by atoms with Crippen molar-refractivity contribution < 1.29 is 9.53 Å². The first-order chi connectivity index (χ1) is 9.19. The van der Waals surface area contributed by atoms with Crippen LogP contribution in [0.25, 0.3) is 0 Å². The highest BCUT2D eigenvalue weighted by Crippen LogP contribution is 2.22. The molecule has 1 amide bonds. The van der Waals surface area contributed by atoms with Gasteiger partial charge in [0.25, 0.3) is 0 Å². The lowest BCUT2D eigenvalue weighted by Gasteiger charge is -2.12. The maximum Gasteiger partial charge on any atom is 0.224 e. The van der Waals surface area contributed by atoms with Gasteiger partial charge in [-0.05, 0) is 63.0 Å². The maximum absolute atomic E-state index is 12.0. The lowest BCUT2D eigenvalue weighted by molar-refractivity contribution is -0.116. The standard InChI is InChI=1S/C15H22N2O2.ClH/c1-3-19-13-4-5-14(11(2)8-13)17-15(18)9-12-6-7-16-10-12;/h4-5,8,12,16H,3,6-7,9-10H2,1-2H3,(H,17,18);1H. The molecular weight excluding hydrogens is 276 g/mol. The molecule has 1 unspecified atom stereocenters. The topological polar surface area (TPSA) is 50.4 Å². The fourth-order valence-corrected chi connectivity index (χ4v) is 2.38. The van der Waals surface area contributed by atoms with Crippen molar-refractivity contribution >= 4 is 24.0 Å². The lowest BCUT2D eigenvalue weighted by atomic mass is 10.0. The summed E-state index contributed by atoms with van der Waals surface area (Å²) in [6.45, 7) is 6.57. The lowest BCUT2D eigenvalue weighted by Crippen LogP contribution is -2.18. The first-order valence-electron chi connectivity index (χ1n) is 6.93. The van der Waals surface area contributed by atoms with Gasteiger partial charge in [0.1, 0.15) is 5.75 Å². The number of hydrogen-bond acceptors (Lipinski definition) is 3. The molecule has 2 N–H and O–H groups in total. The second kappa shape index (κ2) is 8.12. The van der Waals surface area contributed by atoms with Gasteiger partial charge in [-0.25, -0.2) is 0 Å². The average Bonchev–Trinajstić information content (AvgIpc) is 2.86. The highest BCUT2D eigenvalue weighted by molar-refractivity contribution is 5.91. The summed E-state index contributed by atoms with van der Waals surface area (Å²) in [6, 6.07) is 5.75. The quantitative estimate of drug-likeness (QED) is 0.879. The van der Waals surface area contributed by atoms with Gasteiger partial charge in [-0.3, -0.25) is 4.79 Å². The summed E-state index contributed by atoms with van der Waals surface area (Å²) in [5.41, 5.74) is 1.91. The summed E-state index contributed by atoms with van der Waals surface area (Å²) in [5, 5.41) is 6.26. The van der Waals surface area contributed by atoms with E-state index in [-0.39, 0.29) is 18.3 Å². The molecule has 0 radical (unpaired) electrons. The smallest absolute Gasteiger partial charge is 0.224 e. The van der Waals surface area contributed by atoms with Crippen LogP contribution >= 0.6 is 12.4 Å². The summed E-state index contributed by atoms with van der Waals surface area (Å²) >= 11 is 0. The fourth-order valence-electron chi connectivity index (χ4n) is 2.38. The Balaban J connectivity index is 0.00000200. The third-order valence-electron chi connectivity index (χ3n) is 3.42. The van der Waals surface area contributed by atoms with Crippen molar-refractivity contribution in [3.05, 3.63) is 23.8 Å². The number of ether oxygens (including phenoxy) is 1. The minimum atomic E-state index is 0. The van der Waals surface area contributed by atoms with Gasteiger partial charge in [0, 0.05) is 12.1 Å². The maximum atomic E-state index is 12.0. The normalized spacial score (nSPS) is 17.4. The van der Waals surface area contributed by atoms with Crippen LogP contribution in [0, 0.1) is 12.8 Å². The second-order valence-electron chi connectivity index (χ2n) is 5.02. The van der Waals surface area contributed by atoms with Crippen molar-refractivity contribution in [2.45, 2.75) is 26.7 Å². The Bertz CT molecular complexity index is 445. The molecule has 1 fully saturated rings. The van der Waals surface area contributed by atoms with Crippen molar-refractivity contribution in [2.75, 3.05) is 25.0 Å². The Hall–Kier alpha value is -1.26. The Kier molecular flexibility index (Phi) is 6.82. The van der Waals surface area contributed by atoms with E-state index < -0.39 is 0 Å². The number of benzene rings is 1. The van der Waals surface area contributed by atoms with E-state index in [1.54, 1.807) is 0 Å². The van der Waals surface area contributed by atoms with E-state index >= 15 is 0 Å². The molecule has 5 heteroatoms. The molecule has 1 saturated heterocycles. The zero-order valence-corrected chi connectivity index (χ0v) is 12.9. The molecule has 1 aliphatic rings. The van der Waals surface area contributed by atoms with Crippen molar-refractivity contribution in [1.29, 1.82) is 0 Å². The van der Waals surface area contributed by atoms with Crippen LogP contribution in [0.2, 0.25) is 0 Å². The zero-order valence-electron chi connectivity index (χ0n) is 12.1. The monoisotopic (exact) mass is 298 g/mol. The van der Waals surface area contributed by atoms with Crippen LogP contribution in [0.15, 0.2) is 18.2 Å². The number of halogens is 1. The van der Waals surface area contributed by atoms with Gasteiger partial charge in [0.2, 0.25) is 5.91 Å². The predicted molar refractivity (Wildman–Crippen MR) is 83.8 cm³/mol. The van der Waals surface area contributed by atoms with Gasteiger partial charge >= 0.3 is 0 Å². The van der Waals surface area contributed by atoms with Crippen LogP contribution in [0.4, 0.5) is 5.69 Å². The summed E-state index contributed by atoms with van der Waals surface area (Å²) in [5.74, 6) is 1.42. The summed E-state index contributed by atoms with van der Waals surface area (Å²) in [6.07, 6.45) is 1.69. The van der Waals surface area contributed by atoms with E-state index in [2.05, 4.69) is 10.6 Å². The minimum absolute atomic E-state index is 0.